The second kappa shape index (κ2) is 7.70. The minimum absolute atomic E-state index is 0.0519. The molecule has 0 saturated heterocycles. The Labute approximate surface area is 106 Å². The van der Waals surface area contributed by atoms with Gasteiger partial charge >= 0.3 is 5.97 Å². The van der Waals surface area contributed by atoms with Gasteiger partial charge in [-0.15, -0.1) is 0 Å². The predicted octanol–water partition coefficient (Wildman–Crippen LogP) is 3.15. The summed E-state index contributed by atoms with van der Waals surface area (Å²) in [6.45, 7) is 10.3. The first kappa shape index (κ1) is 16.4. The highest BCUT2D eigenvalue weighted by Crippen LogP contribution is 2.29. The van der Waals surface area contributed by atoms with E-state index in [1.54, 1.807) is 6.92 Å². The molecule has 17 heavy (non-hydrogen) atoms. The first-order valence-electron chi connectivity index (χ1n) is 6.78. The van der Waals surface area contributed by atoms with E-state index >= 15 is 0 Å². The van der Waals surface area contributed by atoms with Gasteiger partial charge in [0.1, 0.15) is 0 Å². The summed E-state index contributed by atoms with van der Waals surface area (Å²) in [5, 5.41) is 10.5. The second-order valence-corrected chi connectivity index (χ2v) is 5.27. The van der Waals surface area contributed by atoms with Crippen molar-refractivity contribution in [2.75, 3.05) is 6.61 Å². The lowest BCUT2D eigenvalue weighted by molar-refractivity contribution is -0.172. The van der Waals surface area contributed by atoms with E-state index in [-0.39, 0.29) is 5.92 Å². The van der Waals surface area contributed by atoms with Crippen LogP contribution in [-0.4, -0.2) is 23.3 Å². The van der Waals surface area contributed by atoms with Gasteiger partial charge in [0.25, 0.3) is 0 Å². The van der Waals surface area contributed by atoms with Crippen LogP contribution in [0.2, 0.25) is 0 Å². The molecule has 1 N–H and O–H groups in total. The van der Waals surface area contributed by atoms with Crippen LogP contribution in [0.5, 0.6) is 0 Å². The molecule has 0 spiro atoms. The highest BCUT2D eigenvalue weighted by molar-refractivity contribution is 5.79. The van der Waals surface area contributed by atoms with Gasteiger partial charge in [-0.2, -0.15) is 0 Å². The van der Waals surface area contributed by atoms with Gasteiger partial charge in [0.15, 0.2) is 5.60 Å². The van der Waals surface area contributed by atoms with Crippen LogP contribution >= 0.6 is 0 Å². The van der Waals surface area contributed by atoms with Crippen molar-refractivity contribution in [3.8, 4) is 0 Å². The summed E-state index contributed by atoms with van der Waals surface area (Å²) in [7, 11) is 0. The van der Waals surface area contributed by atoms with E-state index in [0.717, 1.165) is 19.3 Å². The van der Waals surface area contributed by atoms with Crippen LogP contribution in [0.3, 0.4) is 0 Å². The Morgan fingerprint density at radius 1 is 1.24 bits per heavy atom. The molecule has 0 heterocycles. The number of carbonyl (C=O) groups excluding carboxylic acids is 1. The highest BCUT2D eigenvalue weighted by atomic mass is 16.5. The number of ether oxygens (including phenoxy) is 1. The Bertz CT molecular complexity index is 226. The molecular weight excluding hydrogens is 216 g/mol. The molecule has 3 heteroatoms. The topological polar surface area (TPSA) is 46.5 Å². The summed E-state index contributed by atoms with van der Waals surface area (Å²) >= 11 is 0. The van der Waals surface area contributed by atoms with E-state index in [2.05, 4.69) is 13.8 Å². The van der Waals surface area contributed by atoms with Gasteiger partial charge in [0.2, 0.25) is 0 Å². The molecule has 2 atom stereocenters. The van der Waals surface area contributed by atoms with Crippen molar-refractivity contribution < 1.29 is 14.6 Å². The minimum atomic E-state index is -1.31. The lowest BCUT2D eigenvalue weighted by atomic mass is 9.81. The third-order valence-electron chi connectivity index (χ3n) is 3.25. The lowest BCUT2D eigenvalue weighted by Crippen LogP contribution is -2.46. The fourth-order valence-electron chi connectivity index (χ4n) is 2.01. The zero-order valence-electron chi connectivity index (χ0n) is 12.0. The van der Waals surface area contributed by atoms with Crippen molar-refractivity contribution in [2.45, 2.75) is 65.9 Å². The number of aliphatic hydroxyl groups is 1. The second-order valence-electron chi connectivity index (χ2n) is 5.27. The highest BCUT2D eigenvalue weighted by Gasteiger charge is 2.41. The van der Waals surface area contributed by atoms with Crippen molar-refractivity contribution in [2.24, 2.45) is 11.8 Å². The van der Waals surface area contributed by atoms with E-state index in [4.69, 9.17) is 4.74 Å². The molecule has 0 aliphatic carbocycles. The number of hydrogen-bond acceptors (Lipinski definition) is 3. The molecule has 0 aromatic heterocycles. The Morgan fingerprint density at radius 2 is 1.82 bits per heavy atom. The van der Waals surface area contributed by atoms with Gasteiger partial charge in [-0.05, 0) is 31.6 Å². The third kappa shape index (κ3) is 5.07. The van der Waals surface area contributed by atoms with Crippen molar-refractivity contribution >= 4 is 5.97 Å². The Balaban J connectivity index is 4.61. The van der Waals surface area contributed by atoms with Crippen LogP contribution in [0.15, 0.2) is 0 Å². The molecule has 0 aliphatic heterocycles. The van der Waals surface area contributed by atoms with E-state index in [0.29, 0.717) is 18.9 Å². The van der Waals surface area contributed by atoms with Gasteiger partial charge in [0, 0.05) is 0 Å². The maximum absolute atomic E-state index is 11.9. The maximum Gasteiger partial charge on any atom is 0.338 e. The molecule has 0 saturated carbocycles. The van der Waals surface area contributed by atoms with Crippen molar-refractivity contribution in [1.82, 2.24) is 0 Å². The molecule has 0 rings (SSSR count). The van der Waals surface area contributed by atoms with Crippen LogP contribution in [0.1, 0.15) is 60.3 Å². The SMILES string of the molecule is CCCC(O)(C(=O)OCC)C(C)CCC(C)C. The fraction of sp³-hybridized carbons (Fsp3) is 0.929. The first-order chi connectivity index (χ1) is 7.88. The van der Waals surface area contributed by atoms with Gasteiger partial charge in [-0.25, -0.2) is 4.79 Å². The average molecular weight is 244 g/mol. The summed E-state index contributed by atoms with van der Waals surface area (Å²) in [5.41, 5.74) is -1.31. The predicted molar refractivity (Wildman–Crippen MR) is 69.7 cm³/mol. The van der Waals surface area contributed by atoms with Gasteiger partial charge in [0.05, 0.1) is 6.61 Å². The van der Waals surface area contributed by atoms with Gasteiger partial charge in [-0.1, -0.05) is 40.5 Å². The van der Waals surface area contributed by atoms with Crippen LogP contribution in [-0.2, 0) is 9.53 Å². The Kier molecular flexibility index (Phi) is 7.44. The standard InChI is InChI=1S/C14H28O3/c1-6-10-14(16,13(15)17-7-2)12(5)9-8-11(3)4/h11-12,16H,6-10H2,1-5H3. The molecular formula is C14H28O3. The minimum Gasteiger partial charge on any atom is -0.464 e. The maximum atomic E-state index is 11.9. The van der Waals surface area contributed by atoms with Crippen LogP contribution < -0.4 is 0 Å². The van der Waals surface area contributed by atoms with E-state index in [1.807, 2.05) is 13.8 Å². The lowest BCUT2D eigenvalue weighted by Gasteiger charge is -2.32. The molecule has 0 radical (unpaired) electrons. The van der Waals surface area contributed by atoms with Gasteiger partial charge < -0.3 is 9.84 Å². The summed E-state index contributed by atoms with van der Waals surface area (Å²) in [6.07, 6.45) is 3.13. The quantitative estimate of drug-likeness (QED) is 0.667. The normalized spacial score (nSPS) is 16.6. The van der Waals surface area contributed by atoms with E-state index < -0.39 is 11.6 Å². The molecule has 0 bridgehead atoms. The molecule has 0 aliphatic rings. The first-order valence-corrected chi connectivity index (χ1v) is 6.78. The summed E-state index contributed by atoms with van der Waals surface area (Å²) in [5.74, 6) is 0.0764. The summed E-state index contributed by atoms with van der Waals surface area (Å²) < 4.78 is 5.00. The van der Waals surface area contributed by atoms with Crippen LogP contribution in [0.25, 0.3) is 0 Å². The average Bonchev–Trinajstić information content (AvgIpc) is 2.26. The van der Waals surface area contributed by atoms with Crippen LogP contribution in [0.4, 0.5) is 0 Å². The monoisotopic (exact) mass is 244 g/mol. The zero-order chi connectivity index (χ0) is 13.5. The fourth-order valence-corrected chi connectivity index (χ4v) is 2.01. The van der Waals surface area contributed by atoms with Crippen molar-refractivity contribution in [3.05, 3.63) is 0 Å². The van der Waals surface area contributed by atoms with Crippen molar-refractivity contribution in [3.63, 3.8) is 0 Å². The molecule has 0 fully saturated rings. The molecule has 0 amide bonds. The Morgan fingerprint density at radius 3 is 2.24 bits per heavy atom. The van der Waals surface area contributed by atoms with Crippen molar-refractivity contribution in [1.29, 1.82) is 0 Å². The van der Waals surface area contributed by atoms with E-state index in [9.17, 15) is 9.90 Å². The molecule has 102 valence electrons. The number of esters is 1. The molecule has 0 aromatic rings. The molecule has 0 aromatic carbocycles. The third-order valence-corrected chi connectivity index (χ3v) is 3.25. The summed E-state index contributed by atoms with van der Waals surface area (Å²) in [6, 6.07) is 0. The zero-order valence-corrected chi connectivity index (χ0v) is 12.0. The number of carbonyl (C=O) groups is 1. The van der Waals surface area contributed by atoms with Gasteiger partial charge in [-0.3, -0.25) is 0 Å². The number of rotatable bonds is 8. The van der Waals surface area contributed by atoms with Crippen LogP contribution in [0, 0.1) is 11.8 Å². The Hall–Kier alpha value is -0.570. The number of hydrogen-bond donors (Lipinski definition) is 1. The summed E-state index contributed by atoms with van der Waals surface area (Å²) in [4.78, 5) is 11.9. The molecule has 2 unspecified atom stereocenters. The van der Waals surface area contributed by atoms with E-state index in [1.165, 1.54) is 0 Å². The molecule has 3 nitrogen and oxygen atoms in total. The largest absolute Gasteiger partial charge is 0.464 e. The smallest absolute Gasteiger partial charge is 0.338 e.